The Morgan fingerprint density at radius 3 is 2.68 bits per heavy atom. The molecule has 0 aromatic heterocycles. The molecule has 0 saturated carbocycles. The highest BCUT2D eigenvalue weighted by Gasteiger charge is 2.30. The monoisotopic (exact) mass is 413 g/mol. The molecular formula is C17H20FN3O6S. The summed E-state index contributed by atoms with van der Waals surface area (Å²) in [6.07, 6.45) is 0.136. The number of carbonyl (C=O) groups is 2. The molecule has 28 heavy (non-hydrogen) atoms. The van der Waals surface area contributed by atoms with Gasteiger partial charge in [0, 0.05) is 26.7 Å². The second-order valence-electron chi connectivity index (χ2n) is 5.96. The average molecular weight is 413 g/mol. The van der Waals surface area contributed by atoms with Gasteiger partial charge in [0.2, 0.25) is 10.0 Å². The second-order valence-corrected chi connectivity index (χ2v) is 7.87. The number of esters is 1. The molecule has 2 rings (SSSR count). The van der Waals surface area contributed by atoms with Crippen LogP contribution in [-0.4, -0.2) is 76.0 Å². The first-order valence-corrected chi connectivity index (χ1v) is 9.87. The van der Waals surface area contributed by atoms with Crippen LogP contribution in [0.4, 0.5) is 4.39 Å². The van der Waals surface area contributed by atoms with Gasteiger partial charge in [-0.3, -0.25) is 4.79 Å². The first kappa shape index (κ1) is 21.7. The molecule has 0 bridgehead atoms. The van der Waals surface area contributed by atoms with Crippen molar-refractivity contribution in [3.05, 3.63) is 29.6 Å². The number of nitrogens with zero attached hydrogens (tertiary/aromatic N) is 3. The van der Waals surface area contributed by atoms with Crippen molar-refractivity contribution in [1.82, 2.24) is 9.21 Å². The Hall–Kier alpha value is -2.55. The number of sulfonamides is 1. The summed E-state index contributed by atoms with van der Waals surface area (Å²) in [5, 5.41) is 8.51. The molecule has 11 heteroatoms. The number of morpholine rings is 1. The maximum atomic E-state index is 14.1. The predicted octanol–water partition coefficient (Wildman–Crippen LogP) is 0.375. The third-order valence-corrected chi connectivity index (χ3v) is 5.98. The van der Waals surface area contributed by atoms with Crippen LogP contribution in [0.2, 0.25) is 0 Å². The van der Waals surface area contributed by atoms with Crippen molar-refractivity contribution in [2.24, 2.45) is 0 Å². The van der Waals surface area contributed by atoms with Crippen molar-refractivity contribution in [3.8, 4) is 6.07 Å². The quantitative estimate of drug-likeness (QED) is 0.593. The SMILES string of the molecule is CN(CCC#N)C(=O)COC(=O)c1ccc(F)c(S(=O)(=O)N2CCOCC2)c1. The Bertz CT molecular complexity index is 877. The van der Waals surface area contributed by atoms with Crippen LogP contribution >= 0.6 is 0 Å². The lowest BCUT2D eigenvalue weighted by molar-refractivity contribution is -0.133. The van der Waals surface area contributed by atoms with Gasteiger partial charge >= 0.3 is 5.97 Å². The number of benzene rings is 1. The topological polar surface area (TPSA) is 117 Å². The minimum absolute atomic E-state index is 0.0833. The number of hydrogen-bond donors (Lipinski definition) is 0. The average Bonchev–Trinajstić information content (AvgIpc) is 2.70. The summed E-state index contributed by atoms with van der Waals surface area (Å²) < 4.78 is 50.5. The Labute approximate surface area is 162 Å². The van der Waals surface area contributed by atoms with Gasteiger partial charge in [0.15, 0.2) is 6.61 Å². The minimum atomic E-state index is -4.14. The number of carbonyl (C=O) groups excluding carboxylic acids is 2. The zero-order chi connectivity index (χ0) is 20.7. The van der Waals surface area contributed by atoms with Crippen LogP contribution in [0.3, 0.4) is 0 Å². The summed E-state index contributed by atoms with van der Waals surface area (Å²) in [6.45, 7) is 0.170. The molecule has 9 nitrogen and oxygen atoms in total. The lowest BCUT2D eigenvalue weighted by atomic mass is 10.2. The molecule has 1 aromatic carbocycles. The maximum Gasteiger partial charge on any atom is 0.338 e. The smallest absolute Gasteiger partial charge is 0.338 e. The lowest BCUT2D eigenvalue weighted by Crippen LogP contribution is -2.41. The van der Waals surface area contributed by atoms with E-state index in [1.165, 1.54) is 11.9 Å². The molecule has 152 valence electrons. The molecule has 1 amide bonds. The minimum Gasteiger partial charge on any atom is -0.452 e. The molecule has 0 unspecified atom stereocenters. The van der Waals surface area contributed by atoms with Crippen molar-refractivity contribution in [2.45, 2.75) is 11.3 Å². The molecule has 1 aliphatic heterocycles. The molecule has 1 heterocycles. The van der Waals surface area contributed by atoms with Gasteiger partial charge in [-0.1, -0.05) is 0 Å². The van der Waals surface area contributed by atoms with Crippen molar-refractivity contribution >= 4 is 21.9 Å². The third kappa shape index (κ3) is 5.25. The second kappa shape index (κ2) is 9.59. The van der Waals surface area contributed by atoms with Gasteiger partial charge in [-0.15, -0.1) is 0 Å². The van der Waals surface area contributed by atoms with Gasteiger partial charge in [-0.2, -0.15) is 9.57 Å². The highest BCUT2D eigenvalue weighted by atomic mass is 32.2. The highest BCUT2D eigenvalue weighted by Crippen LogP contribution is 2.22. The number of halogens is 1. The van der Waals surface area contributed by atoms with Gasteiger partial charge in [-0.05, 0) is 18.2 Å². The van der Waals surface area contributed by atoms with Crippen LogP contribution < -0.4 is 0 Å². The van der Waals surface area contributed by atoms with E-state index in [0.717, 1.165) is 22.5 Å². The zero-order valence-corrected chi connectivity index (χ0v) is 16.1. The van der Waals surface area contributed by atoms with E-state index in [0.29, 0.717) is 0 Å². The van der Waals surface area contributed by atoms with Crippen molar-refractivity contribution in [1.29, 1.82) is 5.26 Å². The van der Waals surface area contributed by atoms with Crippen LogP contribution in [0.5, 0.6) is 0 Å². The number of hydrogen-bond acceptors (Lipinski definition) is 7. The highest BCUT2D eigenvalue weighted by molar-refractivity contribution is 7.89. The molecule has 1 fully saturated rings. The first-order chi connectivity index (χ1) is 13.3. The number of nitriles is 1. The number of amides is 1. The van der Waals surface area contributed by atoms with E-state index in [1.54, 1.807) is 0 Å². The molecule has 0 atom stereocenters. The Kier molecular flexibility index (Phi) is 7.45. The molecule has 1 saturated heterocycles. The van der Waals surface area contributed by atoms with E-state index in [1.807, 2.05) is 6.07 Å². The van der Waals surface area contributed by atoms with Gasteiger partial charge in [0.1, 0.15) is 10.7 Å². The summed E-state index contributed by atoms with van der Waals surface area (Å²) >= 11 is 0. The molecule has 1 aliphatic rings. The van der Waals surface area contributed by atoms with Crippen LogP contribution in [0.1, 0.15) is 16.8 Å². The normalized spacial score (nSPS) is 14.9. The van der Waals surface area contributed by atoms with Crippen molar-refractivity contribution in [3.63, 3.8) is 0 Å². The van der Waals surface area contributed by atoms with Gasteiger partial charge < -0.3 is 14.4 Å². The Morgan fingerprint density at radius 2 is 2.04 bits per heavy atom. The summed E-state index contributed by atoms with van der Waals surface area (Å²) in [5.74, 6) is -2.47. The lowest BCUT2D eigenvalue weighted by Gasteiger charge is -2.26. The fourth-order valence-electron chi connectivity index (χ4n) is 2.42. The molecule has 0 spiro atoms. The molecular weight excluding hydrogens is 393 g/mol. The number of rotatable bonds is 7. The van der Waals surface area contributed by atoms with E-state index in [2.05, 4.69) is 0 Å². The number of ether oxygens (including phenoxy) is 2. The van der Waals surface area contributed by atoms with Gasteiger partial charge in [0.05, 0.1) is 31.3 Å². The van der Waals surface area contributed by atoms with E-state index >= 15 is 0 Å². The third-order valence-electron chi connectivity index (χ3n) is 4.07. The molecule has 1 aromatic rings. The van der Waals surface area contributed by atoms with E-state index in [-0.39, 0.29) is 44.8 Å². The van der Waals surface area contributed by atoms with Crippen LogP contribution in [0.15, 0.2) is 23.1 Å². The van der Waals surface area contributed by atoms with E-state index < -0.39 is 39.2 Å². The van der Waals surface area contributed by atoms with Crippen molar-refractivity contribution in [2.75, 3.05) is 46.5 Å². The zero-order valence-electron chi connectivity index (χ0n) is 15.3. The van der Waals surface area contributed by atoms with Crippen LogP contribution in [-0.2, 0) is 24.3 Å². The summed E-state index contributed by atoms with van der Waals surface area (Å²) in [7, 11) is -2.68. The standard InChI is InChI=1S/C17H20FN3O6S/c1-20(6-2-5-19)16(22)12-27-17(23)13-3-4-14(18)15(11-13)28(24,25)21-7-9-26-10-8-21/h3-4,11H,2,6-10,12H2,1H3. The summed E-state index contributed by atoms with van der Waals surface area (Å²) in [5.41, 5.74) is -0.194. The van der Waals surface area contributed by atoms with Gasteiger partial charge in [0.25, 0.3) is 5.91 Å². The first-order valence-electron chi connectivity index (χ1n) is 8.43. The largest absolute Gasteiger partial charge is 0.452 e. The molecule has 0 N–H and O–H groups in total. The van der Waals surface area contributed by atoms with Gasteiger partial charge in [-0.25, -0.2) is 17.6 Å². The van der Waals surface area contributed by atoms with Crippen LogP contribution in [0, 0.1) is 17.1 Å². The predicted molar refractivity (Wildman–Crippen MR) is 94.1 cm³/mol. The van der Waals surface area contributed by atoms with E-state index in [9.17, 15) is 22.4 Å². The van der Waals surface area contributed by atoms with E-state index in [4.69, 9.17) is 14.7 Å². The molecule has 0 aliphatic carbocycles. The fourth-order valence-corrected chi connectivity index (χ4v) is 3.92. The number of likely N-dealkylation sites (N-methyl/N-ethyl adjacent to an activating group) is 1. The molecule has 0 radical (unpaired) electrons. The summed E-state index contributed by atoms with van der Waals surface area (Å²) in [4.78, 5) is 24.6. The Balaban J connectivity index is 2.10. The van der Waals surface area contributed by atoms with Crippen molar-refractivity contribution < 1.29 is 31.9 Å². The fraction of sp³-hybridized carbons (Fsp3) is 0.471. The summed E-state index contributed by atoms with van der Waals surface area (Å²) in [6, 6.07) is 4.74. The maximum absolute atomic E-state index is 14.1. The Morgan fingerprint density at radius 1 is 1.36 bits per heavy atom. The van der Waals surface area contributed by atoms with Crippen LogP contribution in [0.25, 0.3) is 0 Å².